The number of nitrogens with zero attached hydrogens (tertiary/aromatic N) is 1. The van der Waals surface area contributed by atoms with Crippen LogP contribution >= 0.6 is 0 Å². The Balaban J connectivity index is 2.07. The summed E-state index contributed by atoms with van der Waals surface area (Å²) in [5.41, 5.74) is 7.17. The molecule has 1 fully saturated rings. The summed E-state index contributed by atoms with van der Waals surface area (Å²) in [6, 6.07) is 8.52. The third-order valence-electron chi connectivity index (χ3n) is 4.03. The van der Waals surface area contributed by atoms with Crippen LogP contribution in [-0.4, -0.2) is 40.0 Å². The fourth-order valence-electron chi connectivity index (χ4n) is 2.78. The molecule has 1 aliphatic heterocycles. The molecule has 1 aromatic carbocycles. The molecule has 0 amide bonds. The van der Waals surface area contributed by atoms with Crippen LogP contribution in [0.15, 0.2) is 24.3 Å². The molecule has 19 heavy (non-hydrogen) atoms. The third kappa shape index (κ3) is 3.39. The molecular formula is C15H24N2O2. The SMILES string of the molecule is COc1ccc(N(C)C(CN)C2CCOCC2)cc1. The Morgan fingerprint density at radius 3 is 2.47 bits per heavy atom. The monoisotopic (exact) mass is 264 g/mol. The maximum atomic E-state index is 5.99. The lowest BCUT2D eigenvalue weighted by Crippen LogP contribution is -2.45. The van der Waals surface area contributed by atoms with Gasteiger partial charge in [0.25, 0.3) is 0 Å². The quantitative estimate of drug-likeness (QED) is 0.882. The zero-order valence-corrected chi connectivity index (χ0v) is 11.8. The van der Waals surface area contributed by atoms with E-state index in [0.29, 0.717) is 18.5 Å². The molecule has 4 heteroatoms. The molecule has 2 rings (SSSR count). The first-order valence-corrected chi connectivity index (χ1v) is 6.91. The van der Waals surface area contributed by atoms with Gasteiger partial charge in [0.1, 0.15) is 5.75 Å². The number of hydrogen-bond donors (Lipinski definition) is 1. The van der Waals surface area contributed by atoms with Crippen molar-refractivity contribution >= 4 is 5.69 Å². The van der Waals surface area contributed by atoms with Crippen molar-refractivity contribution in [2.75, 3.05) is 38.8 Å². The second-order valence-corrected chi connectivity index (χ2v) is 5.06. The maximum absolute atomic E-state index is 5.99. The van der Waals surface area contributed by atoms with Crippen LogP contribution in [0.4, 0.5) is 5.69 Å². The number of rotatable bonds is 5. The molecule has 1 unspecified atom stereocenters. The summed E-state index contributed by atoms with van der Waals surface area (Å²) in [6.07, 6.45) is 2.20. The van der Waals surface area contributed by atoms with Gasteiger partial charge in [0, 0.05) is 38.5 Å². The normalized spacial score (nSPS) is 18.1. The number of methoxy groups -OCH3 is 1. The lowest BCUT2D eigenvalue weighted by Gasteiger charge is -2.37. The summed E-state index contributed by atoms with van der Waals surface area (Å²) < 4.78 is 10.6. The van der Waals surface area contributed by atoms with Crippen molar-refractivity contribution in [3.63, 3.8) is 0 Å². The largest absolute Gasteiger partial charge is 0.497 e. The van der Waals surface area contributed by atoms with Gasteiger partial charge in [0.2, 0.25) is 0 Å². The summed E-state index contributed by atoms with van der Waals surface area (Å²) in [6.45, 7) is 2.39. The number of benzene rings is 1. The Labute approximate surface area is 115 Å². The van der Waals surface area contributed by atoms with Gasteiger partial charge >= 0.3 is 0 Å². The molecule has 2 N–H and O–H groups in total. The number of nitrogens with two attached hydrogens (primary N) is 1. The minimum absolute atomic E-state index is 0.372. The third-order valence-corrected chi connectivity index (χ3v) is 4.03. The molecule has 0 bridgehead atoms. The number of likely N-dealkylation sites (N-methyl/N-ethyl adjacent to an activating group) is 1. The van der Waals surface area contributed by atoms with Crippen molar-refractivity contribution in [1.82, 2.24) is 0 Å². The van der Waals surface area contributed by atoms with Gasteiger partial charge in [0.15, 0.2) is 0 Å². The topological polar surface area (TPSA) is 47.7 Å². The minimum Gasteiger partial charge on any atom is -0.497 e. The second kappa shape index (κ2) is 6.78. The van der Waals surface area contributed by atoms with Crippen molar-refractivity contribution in [3.05, 3.63) is 24.3 Å². The van der Waals surface area contributed by atoms with Crippen LogP contribution in [0.2, 0.25) is 0 Å². The van der Waals surface area contributed by atoms with E-state index in [1.165, 1.54) is 5.69 Å². The Hall–Kier alpha value is -1.26. The van der Waals surface area contributed by atoms with Crippen LogP contribution in [-0.2, 0) is 4.74 Å². The predicted octanol–water partition coefficient (Wildman–Crippen LogP) is 1.89. The average molecular weight is 264 g/mol. The highest BCUT2D eigenvalue weighted by Gasteiger charge is 2.26. The van der Waals surface area contributed by atoms with E-state index in [4.69, 9.17) is 15.2 Å². The lowest BCUT2D eigenvalue weighted by atomic mass is 9.90. The first-order chi connectivity index (χ1) is 9.26. The lowest BCUT2D eigenvalue weighted by molar-refractivity contribution is 0.0588. The molecule has 1 aromatic rings. The molecule has 0 radical (unpaired) electrons. The molecule has 0 spiro atoms. The Bertz CT molecular complexity index is 374. The predicted molar refractivity (Wildman–Crippen MR) is 77.8 cm³/mol. The van der Waals surface area contributed by atoms with Gasteiger partial charge in [-0.3, -0.25) is 0 Å². The number of ether oxygens (including phenoxy) is 2. The highest BCUT2D eigenvalue weighted by Crippen LogP contribution is 2.26. The molecule has 4 nitrogen and oxygen atoms in total. The van der Waals surface area contributed by atoms with E-state index in [1.54, 1.807) is 7.11 Å². The van der Waals surface area contributed by atoms with Gasteiger partial charge in [-0.05, 0) is 43.0 Å². The van der Waals surface area contributed by atoms with Crippen molar-refractivity contribution in [2.24, 2.45) is 11.7 Å². The van der Waals surface area contributed by atoms with E-state index in [9.17, 15) is 0 Å². The molecule has 1 aliphatic rings. The van der Waals surface area contributed by atoms with Gasteiger partial charge < -0.3 is 20.1 Å². The first-order valence-electron chi connectivity index (χ1n) is 6.91. The molecule has 0 aromatic heterocycles. The fraction of sp³-hybridized carbons (Fsp3) is 0.600. The highest BCUT2D eigenvalue weighted by atomic mass is 16.5. The number of anilines is 1. The van der Waals surface area contributed by atoms with Crippen LogP contribution in [0.1, 0.15) is 12.8 Å². The highest BCUT2D eigenvalue weighted by molar-refractivity contribution is 5.49. The van der Waals surface area contributed by atoms with Crippen molar-refractivity contribution in [3.8, 4) is 5.75 Å². The van der Waals surface area contributed by atoms with Gasteiger partial charge in [-0.2, -0.15) is 0 Å². The average Bonchev–Trinajstić information content (AvgIpc) is 2.49. The van der Waals surface area contributed by atoms with Crippen LogP contribution in [0.25, 0.3) is 0 Å². The van der Waals surface area contributed by atoms with Crippen LogP contribution in [0.3, 0.4) is 0 Å². The van der Waals surface area contributed by atoms with Crippen molar-refractivity contribution in [1.29, 1.82) is 0 Å². The molecule has 0 aliphatic carbocycles. The first kappa shape index (κ1) is 14.2. The number of hydrogen-bond acceptors (Lipinski definition) is 4. The Morgan fingerprint density at radius 2 is 1.95 bits per heavy atom. The van der Waals surface area contributed by atoms with Crippen molar-refractivity contribution < 1.29 is 9.47 Å². The minimum atomic E-state index is 0.372. The summed E-state index contributed by atoms with van der Waals surface area (Å²) in [4.78, 5) is 2.29. The Morgan fingerprint density at radius 1 is 1.32 bits per heavy atom. The summed E-state index contributed by atoms with van der Waals surface area (Å²) >= 11 is 0. The van der Waals surface area contributed by atoms with E-state index >= 15 is 0 Å². The van der Waals surface area contributed by atoms with E-state index in [-0.39, 0.29) is 0 Å². The maximum Gasteiger partial charge on any atom is 0.119 e. The van der Waals surface area contributed by atoms with E-state index in [0.717, 1.165) is 31.8 Å². The van der Waals surface area contributed by atoms with E-state index < -0.39 is 0 Å². The van der Waals surface area contributed by atoms with E-state index in [1.807, 2.05) is 12.1 Å². The van der Waals surface area contributed by atoms with Crippen LogP contribution in [0.5, 0.6) is 5.75 Å². The zero-order valence-electron chi connectivity index (χ0n) is 11.8. The summed E-state index contributed by atoms with van der Waals surface area (Å²) in [5, 5.41) is 0. The van der Waals surface area contributed by atoms with E-state index in [2.05, 4.69) is 24.1 Å². The van der Waals surface area contributed by atoms with Crippen LogP contribution < -0.4 is 15.4 Å². The van der Waals surface area contributed by atoms with Gasteiger partial charge in [-0.25, -0.2) is 0 Å². The molecule has 1 atom stereocenters. The van der Waals surface area contributed by atoms with Gasteiger partial charge in [0.05, 0.1) is 7.11 Å². The van der Waals surface area contributed by atoms with Crippen molar-refractivity contribution in [2.45, 2.75) is 18.9 Å². The zero-order chi connectivity index (χ0) is 13.7. The Kier molecular flexibility index (Phi) is 5.05. The fourth-order valence-corrected chi connectivity index (χ4v) is 2.78. The summed E-state index contributed by atoms with van der Waals surface area (Å²) in [5.74, 6) is 1.50. The molecule has 0 saturated carbocycles. The molecular weight excluding hydrogens is 240 g/mol. The van der Waals surface area contributed by atoms with Gasteiger partial charge in [-0.15, -0.1) is 0 Å². The second-order valence-electron chi connectivity index (χ2n) is 5.06. The smallest absolute Gasteiger partial charge is 0.119 e. The van der Waals surface area contributed by atoms with Crippen LogP contribution in [0, 0.1) is 5.92 Å². The molecule has 106 valence electrons. The molecule has 1 saturated heterocycles. The standard InChI is InChI=1S/C15H24N2O2/c1-17(13-3-5-14(18-2)6-4-13)15(11-16)12-7-9-19-10-8-12/h3-6,12,15H,7-11,16H2,1-2H3. The molecule has 1 heterocycles. The summed E-state index contributed by atoms with van der Waals surface area (Å²) in [7, 11) is 3.80. The van der Waals surface area contributed by atoms with Gasteiger partial charge in [-0.1, -0.05) is 0 Å².